The van der Waals surface area contributed by atoms with E-state index in [4.69, 9.17) is 10.5 Å². The Kier molecular flexibility index (Phi) is 4.01. The maximum Gasteiger partial charge on any atom is 0.235 e. The van der Waals surface area contributed by atoms with Crippen molar-refractivity contribution in [3.05, 3.63) is 23.3 Å². The van der Waals surface area contributed by atoms with Crippen molar-refractivity contribution in [3.63, 3.8) is 0 Å². The first-order valence-corrected chi connectivity index (χ1v) is 7.95. The van der Waals surface area contributed by atoms with Gasteiger partial charge in [-0.1, -0.05) is 6.07 Å². The summed E-state index contributed by atoms with van der Waals surface area (Å²) in [6, 6.07) is 3.75. The fraction of sp³-hybridized carbons (Fsp3) is 0.538. The van der Waals surface area contributed by atoms with Crippen molar-refractivity contribution >= 4 is 21.4 Å². The molecule has 2 rings (SSSR count). The second kappa shape index (κ2) is 5.38. The van der Waals surface area contributed by atoms with E-state index in [-0.39, 0.29) is 5.75 Å². The van der Waals surface area contributed by atoms with Gasteiger partial charge in [-0.15, -0.1) is 0 Å². The minimum Gasteiger partial charge on any atom is -0.398 e. The van der Waals surface area contributed by atoms with E-state index in [0.29, 0.717) is 25.3 Å². The number of sulfonamides is 1. The highest BCUT2D eigenvalue weighted by Crippen LogP contribution is 2.34. The number of hydrogen-bond donors (Lipinski definition) is 1. The second-order valence-corrected chi connectivity index (χ2v) is 6.83. The molecular formula is C13H20N2O3S. The predicted molar refractivity (Wildman–Crippen MR) is 76.9 cm³/mol. The summed E-state index contributed by atoms with van der Waals surface area (Å²) in [5.41, 5.74) is 9.31. The average molecular weight is 284 g/mol. The van der Waals surface area contributed by atoms with Crippen LogP contribution in [0.1, 0.15) is 17.5 Å². The van der Waals surface area contributed by atoms with Gasteiger partial charge >= 0.3 is 0 Å². The normalized spacial score (nSPS) is 14.7. The summed E-state index contributed by atoms with van der Waals surface area (Å²) in [6.07, 6.45) is 1.26. The maximum absolute atomic E-state index is 12.3. The van der Waals surface area contributed by atoms with Gasteiger partial charge in [-0.05, 0) is 37.0 Å². The lowest BCUT2D eigenvalue weighted by molar-refractivity contribution is 0.199. The van der Waals surface area contributed by atoms with E-state index in [1.54, 1.807) is 13.2 Å². The molecule has 0 bridgehead atoms. The molecular weight excluding hydrogens is 264 g/mol. The molecule has 0 unspecified atom stereocenters. The zero-order valence-electron chi connectivity index (χ0n) is 11.3. The summed E-state index contributed by atoms with van der Waals surface area (Å²) in [4.78, 5) is 0. The molecule has 0 amide bonds. The van der Waals surface area contributed by atoms with Crippen molar-refractivity contribution in [1.82, 2.24) is 0 Å². The number of anilines is 2. The van der Waals surface area contributed by atoms with Gasteiger partial charge in [0.15, 0.2) is 0 Å². The molecule has 1 aromatic carbocycles. The largest absolute Gasteiger partial charge is 0.398 e. The Morgan fingerprint density at radius 3 is 2.84 bits per heavy atom. The van der Waals surface area contributed by atoms with Gasteiger partial charge in [-0.3, -0.25) is 4.31 Å². The maximum atomic E-state index is 12.3. The summed E-state index contributed by atoms with van der Waals surface area (Å²) >= 11 is 0. The third-order valence-corrected chi connectivity index (χ3v) is 5.26. The first kappa shape index (κ1) is 14.1. The van der Waals surface area contributed by atoms with Crippen LogP contribution in [0.5, 0.6) is 0 Å². The van der Waals surface area contributed by atoms with Crippen LogP contribution >= 0.6 is 0 Å². The molecule has 1 aliphatic heterocycles. The molecule has 0 saturated heterocycles. The van der Waals surface area contributed by atoms with Gasteiger partial charge < -0.3 is 10.5 Å². The van der Waals surface area contributed by atoms with Gasteiger partial charge in [0.25, 0.3) is 0 Å². The molecule has 0 radical (unpaired) electrons. The minimum atomic E-state index is -3.28. The quantitative estimate of drug-likeness (QED) is 0.653. The van der Waals surface area contributed by atoms with E-state index in [1.165, 1.54) is 4.31 Å². The van der Waals surface area contributed by atoms with Crippen LogP contribution in [0.15, 0.2) is 12.1 Å². The predicted octanol–water partition coefficient (Wildman–Crippen LogP) is 1.31. The molecule has 19 heavy (non-hydrogen) atoms. The van der Waals surface area contributed by atoms with E-state index in [2.05, 4.69) is 0 Å². The molecule has 1 aliphatic rings. The zero-order chi connectivity index (χ0) is 14.0. The van der Waals surface area contributed by atoms with Crippen LogP contribution in [-0.4, -0.2) is 34.4 Å². The highest BCUT2D eigenvalue weighted by molar-refractivity contribution is 7.92. The molecule has 0 atom stereocenters. The van der Waals surface area contributed by atoms with Crippen molar-refractivity contribution < 1.29 is 13.2 Å². The summed E-state index contributed by atoms with van der Waals surface area (Å²) < 4.78 is 31.0. The monoisotopic (exact) mass is 284 g/mol. The number of benzene rings is 1. The molecule has 0 aliphatic carbocycles. The Morgan fingerprint density at radius 2 is 2.16 bits per heavy atom. The number of rotatable bonds is 5. The molecule has 1 aromatic rings. The van der Waals surface area contributed by atoms with E-state index in [0.717, 1.165) is 23.2 Å². The summed E-state index contributed by atoms with van der Waals surface area (Å²) in [5.74, 6) is 0.105. The molecule has 5 nitrogen and oxygen atoms in total. The molecule has 0 fully saturated rings. The highest BCUT2D eigenvalue weighted by Gasteiger charge is 2.29. The Hall–Kier alpha value is -1.27. The van der Waals surface area contributed by atoms with Crippen LogP contribution in [0.2, 0.25) is 0 Å². The standard InChI is InChI=1S/C13H20N2O3S/c1-10-8-11-4-5-15(13(11)9-12(10)14)19(16,17)7-3-6-18-2/h8-9H,3-7,14H2,1-2H3. The van der Waals surface area contributed by atoms with E-state index in [9.17, 15) is 8.42 Å². The lowest BCUT2D eigenvalue weighted by Gasteiger charge is -2.20. The van der Waals surface area contributed by atoms with Gasteiger partial charge in [-0.2, -0.15) is 0 Å². The van der Waals surface area contributed by atoms with E-state index in [1.807, 2.05) is 13.0 Å². The number of methoxy groups -OCH3 is 1. The molecule has 0 spiro atoms. The topological polar surface area (TPSA) is 72.6 Å². The summed E-state index contributed by atoms with van der Waals surface area (Å²) in [5, 5.41) is 0. The Balaban J connectivity index is 2.24. The number of fused-ring (bicyclic) bond motifs is 1. The van der Waals surface area contributed by atoms with Crippen molar-refractivity contribution in [1.29, 1.82) is 0 Å². The van der Waals surface area contributed by atoms with Crippen LogP contribution in [0.3, 0.4) is 0 Å². The SMILES string of the molecule is COCCCS(=O)(=O)N1CCc2cc(C)c(N)cc21. The van der Waals surface area contributed by atoms with E-state index < -0.39 is 10.0 Å². The lowest BCUT2D eigenvalue weighted by atomic mass is 10.1. The number of nitrogens with two attached hydrogens (primary N) is 1. The lowest BCUT2D eigenvalue weighted by Crippen LogP contribution is -2.31. The van der Waals surface area contributed by atoms with Gasteiger partial charge in [0.05, 0.1) is 11.4 Å². The second-order valence-electron chi connectivity index (χ2n) is 4.82. The zero-order valence-corrected chi connectivity index (χ0v) is 12.2. The average Bonchev–Trinajstić information content (AvgIpc) is 2.73. The van der Waals surface area contributed by atoms with E-state index >= 15 is 0 Å². The fourth-order valence-corrected chi connectivity index (χ4v) is 3.87. The first-order valence-electron chi connectivity index (χ1n) is 6.34. The van der Waals surface area contributed by atoms with Crippen LogP contribution < -0.4 is 10.0 Å². The summed E-state index contributed by atoms with van der Waals surface area (Å²) in [6.45, 7) is 2.90. The van der Waals surface area contributed by atoms with Crippen LogP contribution in [0.25, 0.3) is 0 Å². The third-order valence-electron chi connectivity index (χ3n) is 3.41. The molecule has 0 aromatic heterocycles. The van der Waals surface area contributed by atoms with Gasteiger partial charge in [0.2, 0.25) is 10.0 Å². The summed E-state index contributed by atoms with van der Waals surface area (Å²) in [7, 11) is -1.71. The van der Waals surface area contributed by atoms with Gasteiger partial charge in [0, 0.05) is 25.9 Å². The molecule has 6 heteroatoms. The van der Waals surface area contributed by atoms with Crippen molar-refractivity contribution in [2.45, 2.75) is 19.8 Å². The van der Waals surface area contributed by atoms with Crippen LogP contribution in [-0.2, 0) is 21.2 Å². The smallest absolute Gasteiger partial charge is 0.235 e. The number of aryl methyl sites for hydroxylation is 1. The molecule has 2 N–H and O–H groups in total. The number of nitrogens with zero attached hydrogens (tertiary/aromatic N) is 1. The molecule has 0 saturated carbocycles. The van der Waals surface area contributed by atoms with Gasteiger partial charge in [0.1, 0.15) is 0 Å². The van der Waals surface area contributed by atoms with Crippen LogP contribution in [0.4, 0.5) is 11.4 Å². The van der Waals surface area contributed by atoms with Gasteiger partial charge in [-0.25, -0.2) is 8.42 Å². The van der Waals surface area contributed by atoms with Crippen molar-refractivity contribution in [2.75, 3.05) is 36.1 Å². The van der Waals surface area contributed by atoms with Crippen molar-refractivity contribution in [2.24, 2.45) is 0 Å². The number of hydrogen-bond acceptors (Lipinski definition) is 4. The van der Waals surface area contributed by atoms with Crippen molar-refractivity contribution in [3.8, 4) is 0 Å². The molecule has 1 heterocycles. The van der Waals surface area contributed by atoms with Crippen LogP contribution in [0, 0.1) is 6.92 Å². The fourth-order valence-electron chi connectivity index (χ4n) is 2.33. The Morgan fingerprint density at radius 1 is 1.42 bits per heavy atom. The Labute approximate surface area is 114 Å². The number of ether oxygens (including phenoxy) is 1. The molecule has 106 valence electrons. The number of nitrogen functional groups attached to an aromatic ring is 1. The highest BCUT2D eigenvalue weighted by atomic mass is 32.2. The Bertz CT molecular complexity index is 569. The first-order chi connectivity index (χ1) is 8.95. The minimum absolute atomic E-state index is 0.105. The third kappa shape index (κ3) is 2.84.